The van der Waals surface area contributed by atoms with Crippen LogP contribution in [0.25, 0.3) is 5.52 Å². The number of ether oxygens (including phenoxy) is 2. The topological polar surface area (TPSA) is 204 Å². The predicted octanol–water partition coefficient (Wildman–Crippen LogP) is 2.31. The van der Waals surface area contributed by atoms with E-state index in [1.807, 2.05) is 19.9 Å². The highest BCUT2D eigenvalue weighted by molar-refractivity contribution is 7.52. The second-order valence-corrected chi connectivity index (χ2v) is 11.8. The van der Waals surface area contributed by atoms with Crippen molar-refractivity contribution in [1.29, 1.82) is 5.26 Å². The Morgan fingerprint density at radius 1 is 1.31 bits per heavy atom. The number of esters is 1. The number of nitrogens with one attached hydrogen (secondary N) is 1. The summed E-state index contributed by atoms with van der Waals surface area (Å²) in [7, 11) is -4.41. The molecule has 3 aromatic rings. The lowest BCUT2D eigenvalue weighted by Crippen LogP contribution is -2.51. The van der Waals surface area contributed by atoms with Crippen molar-refractivity contribution in [2.24, 2.45) is 5.92 Å². The number of fused-ring (bicyclic) bond motifs is 1. The number of aliphatic hydroxyl groups excluding tert-OH is 1. The largest absolute Gasteiger partial charge is 0.464 e. The van der Waals surface area contributed by atoms with Gasteiger partial charge in [0.15, 0.2) is 11.4 Å². The van der Waals surface area contributed by atoms with Gasteiger partial charge in [0.25, 0.3) is 0 Å². The minimum absolute atomic E-state index is 0.0897. The summed E-state index contributed by atoms with van der Waals surface area (Å²) < 4.78 is 37.5. The van der Waals surface area contributed by atoms with Crippen LogP contribution in [0.5, 0.6) is 5.75 Å². The number of para-hydroxylation sites is 1. The average molecular weight is 603 g/mol. The molecular weight excluding hydrogens is 567 g/mol. The molecule has 1 aromatic carbocycles. The molecule has 4 rings (SSSR count). The molecule has 0 radical (unpaired) electrons. The molecule has 1 aliphatic rings. The molecule has 3 heterocycles. The molecule has 14 nitrogen and oxygen atoms in total. The molecule has 226 valence electrons. The number of hydrogen-bond donors (Lipinski definition) is 4. The summed E-state index contributed by atoms with van der Waals surface area (Å²) >= 11 is 0. The maximum Gasteiger partial charge on any atom is 0.459 e. The molecule has 0 bridgehead atoms. The summed E-state index contributed by atoms with van der Waals surface area (Å²) in [6, 6.07) is 11.8. The standard InChI is InChI=1S/C27H35N6O8P/c1-4-19(5-2)13-38-24(34)18(3)32-42(37,41-20-9-7-6-8-10-20)40-15-26(14-28)25(35)27(36,16-39-26)22-12-11-21-23(29)30-17-31-33(21)22/h6-12,17-19,25,35-36H,4-5,13,15-16H2,1-3H3,(H,32,37)(H2,29,30,31)/t18-,25+,26+,27-,42-/m0/s1. The third-order valence-corrected chi connectivity index (χ3v) is 8.92. The number of nitrogen functional groups attached to an aromatic ring is 1. The molecule has 42 heavy (non-hydrogen) atoms. The van der Waals surface area contributed by atoms with Crippen molar-refractivity contribution >= 4 is 25.1 Å². The minimum Gasteiger partial charge on any atom is -0.464 e. The van der Waals surface area contributed by atoms with Crippen LogP contribution < -0.4 is 15.3 Å². The summed E-state index contributed by atoms with van der Waals surface area (Å²) in [5.74, 6) is -0.204. The lowest BCUT2D eigenvalue weighted by Gasteiger charge is -2.31. The molecule has 1 saturated heterocycles. The van der Waals surface area contributed by atoms with Gasteiger partial charge in [-0.2, -0.15) is 15.4 Å². The average Bonchev–Trinajstić information content (AvgIpc) is 3.54. The van der Waals surface area contributed by atoms with E-state index in [1.54, 1.807) is 24.3 Å². The molecule has 0 aliphatic carbocycles. The second kappa shape index (κ2) is 12.7. The van der Waals surface area contributed by atoms with Crippen LogP contribution in [-0.4, -0.2) is 68.3 Å². The fraction of sp³-hybridized carbons (Fsp3) is 0.481. The smallest absolute Gasteiger partial charge is 0.459 e. The van der Waals surface area contributed by atoms with E-state index in [4.69, 9.17) is 24.3 Å². The Kier molecular flexibility index (Phi) is 9.52. The van der Waals surface area contributed by atoms with E-state index >= 15 is 0 Å². The molecule has 0 amide bonds. The van der Waals surface area contributed by atoms with Gasteiger partial charge in [0.05, 0.1) is 18.9 Å². The van der Waals surface area contributed by atoms with Gasteiger partial charge >= 0.3 is 13.7 Å². The zero-order valence-corrected chi connectivity index (χ0v) is 24.4. The Bertz CT molecular complexity index is 1480. The zero-order chi connectivity index (χ0) is 30.5. The van der Waals surface area contributed by atoms with E-state index in [0.717, 1.165) is 12.8 Å². The first-order chi connectivity index (χ1) is 20.0. The van der Waals surface area contributed by atoms with Gasteiger partial charge in [0.1, 0.15) is 42.4 Å². The molecular formula is C27H35N6O8P. The van der Waals surface area contributed by atoms with Crippen molar-refractivity contribution < 1.29 is 38.1 Å². The number of nitrogens with two attached hydrogens (primary N) is 1. The third kappa shape index (κ3) is 6.27. The van der Waals surface area contributed by atoms with Crippen LogP contribution in [0.1, 0.15) is 39.3 Å². The van der Waals surface area contributed by atoms with Crippen molar-refractivity contribution in [3.8, 4) is 11.8 Å². The molecule has 0 saturated carbocycles. The summed E-state index contributed by atoms with van der Waals surface area (Å²) in [5.41, 5.74) is 2.03. The van der Waals surface area contributed by atoms with E-state index in [-0.39, 0.29) is 29.8 Å². The highest BCUT2D eigenvalue weighted by Crippen LogP contribution is 2.48. The van der Waals surface area contributed by atoms with Gasteiger partial charge in [-0.25, -0.2) is 14.1 Å². The summed E-state index contributed by atoms with van der Waals surface area (Å²) in [6.45, 7) is 4.28. The van der Waals surface area contributed by atoms with Crippen molar-refractivity contribution in [1.82, 2.24) is 19.7 Å². The number of anilines is 1. The number of carbonyl (C=O) groups is 1. The van der Waals surface area contributed by atoms with Crippen LogP contribution >= 0.6 is 7.75 Å². The highest BCUT2D eigenvalue weighted by atomic mass is 31.2. The number of carbonyl (C=O) groups excluding carboxylic acids is 1. The lowest BCUT2D eigenvalue weighted by molar-refractivity contribution is -0.146. The van der Waals surface area contributed by atoms with Crippen LogP contribution in [0.4, 0.5) is 5.82 Å². The van der Waals surface area contributed by atoms with E-state index in [0.29, 0.717) is 5.52 Å². The fourth-order valence-corrected chi connectivity index (χ4v) is 6.07. The SMILES string of the molecule is CCC(CC)COC(=O)[C@H](C)N[P@](=O)(OC[C@@]1(C#N)OC[C@](O)(c2ccc3c(N)ncnn23)[C@@H]1O)Oc1ccccc1. The maximum absolute atomic E-state index is 14.0. The lowest BCUT2D eigenvalue weighted by atomic mass is 9.86. The predicted molar refractivity (Wildman–Crippen MR) is 150 cm³/mol. The van der Waals surface area contributed by atoms with Gasteiger partial charge in [0, 0.05) is 0 Å². The quantitative estimate of drug-likeness (QED) is 0.164. The highest BCUT2D eigenvalue weighted by Gasteiger charge is 2.61. The number of nitrogens with zero attached hydrogens (tertiary/aromatic N) is 4. The van der Waals surface area contributed by atoms with Gasteiger partial charge < -0.3 is 29.9 Å². The Hall–Kier alpha value is -3.57. The first kappa shape index (κ1) is 31.4. The van der Waals surface area contributed by atoms with E-state index < -0.39 is 50.3 Å². The monoisotopic (exact) mass is 602 g/mol. The summed E-state index contributed by atoms with van der Waals surface area (Å²) in [5, 5.41) is 39.5. The number of aliphatic hydroxyl groups is 2. The number of nitriles is 1. The maximum atomic E-state index is 14.0. The molecule has 15 heteroatoms. The first-order valence-electron chi connectivity index (χ1n) is 13.5. The van der Waals surface area contributed by atoms with Crippen LogP contribution in [0.2, 0.25) is 0 Å². The van der Waals surface area contributed by atoms with Crippen molar-refractivity contribution in [2.75, 3.05) is 25.6 Å². The molecule has 5 N–H and O–H groups in total. The Morgan fingerprint density at radius 2 is 2.02 bits per heavy atom. The Morgan fingerprint density at radius 3 is 2.69 bits per heavy atom. The van der Waals surface area contributed by atoms with Gasteiger partial charge in [0.2, 0.25) is 5.60 Å². The van der Waals surface area contributed by atoms with Crippen molar-refractivity contribution in [3.05, 3.63) is 54.5 Å². The number of hydrogen-bond acceptors (Lipinski definition) is 12. The van der Waals surface area contributed by atoms with Crippen molar-refractivity contribution in [2.45, 2.75) is 57.0 Å². The minimum atomic E-state index is -4.41. The Balaban J connectivity index is 1.55. The molecule has 1 aliphatic heterocycles. The van der Waals surface area contributed by atoms with Crippen molar-refractivity contribution in [3.63, 3.8) is 0 Å². The van der Waals surface area contributed by atoms with Crippen LogP contribution in [-0.2, 0) is 29.0 Å². The van der Waals surface area contributed by atoms with Crippen LogP contribution in [0.15, 0.2) is 48.8 Å². The molecule has 5 atom stereocenters. The van der Waals surface area contributed by atoms with E-state index in [9.17, 15) is 24.8 Å². The van der Waals surface area contributed by atoms with Crippen LogP contribution in [0, 0.1) is 17.2 Å². The van der Waals surface area contributed by atoms with E-state index in [2.05, 4.69) is 15.2 Å². The van der Waals surface area contributed by atoms with Crippen LogP contribution in [0.3, 0.4) is 0 Å². The third-order valence-electron chi connectivity index (χ3n) is 7.30. The number of rotatable bonds is 13. The van der Waals surface area contributed by atoms with Gasteiger partial charge in [-0.15, -0.1) is 0 Å². The second-order valence-electron chi connectivity index (χ2n) is 10.1. The molecule has 0 unspecified atom stereocenters. The van der Waals surface area contributed by atoms with E-state index in [1.165, 1.54) is 36.0 Å². The van der Waals surface area contributed by atoms with Gasteiger partial charge in [-0.05, 0) is 37.1 Å². The molecule has 2 aromatic heterocycles. The number of benzene rings is 1. The summed E-state index contributed by atoms with van der Waals surface area (Å²) in [4.78, 5) is 16.6. The molecule has 0 spiro atoms. The molecule has 1 fully saturated rings. The van der Waals surface area contributed by atoms with Gasteiger partial charge in [-0.3, -0.25) is 9.32 Å². The Labute approximate surface area is 242 Å². The normalized spacial score (nSPS) is 24.3. The van der Waals surface area contributed by atoms with Gasteiger partial charge in [-0.1, -0.05) is 44.9 Å². The fourth-order valence-electron chi connectivity index (χ4n) is 4.55. The zero-order valence-electron chi connectivity index (χ0n) is 23.5. The number of aromatic nitrogens is 3. The first-order valence-corrected chi connectivity index (χ1v) is 15.0. The summed E-state index contributed by atoms with van der Waals surface area (Å²) in [6.07, 6.45) is 0.942.